The fraction of sp³-hybridized carbons (Fsp3) is 0.176. The number of carbonyl (C=O) groups excluding carboxylic acids is 2. The number of amides is 1. The van der Waals surface area contributed by atoms with E-state index >= 15 is 0 Å². The predicted molar refractivity (Wildman–Crippen MR) is 87.3 cm³/mol. The van der Waals surface area contributed by atoms with Crippen molar-refractivity contribution in [1.82, 2.24) is 0 Å². The highest BCUT2D eigenvalue weighted by Gasteiger charge is 2.21. The van der Waals surface area contributed by atoms with Gasteiger partial charge in [0.2, 0.25) is 0 Å². The molecule has 0 unspecified atom stereocenters. The highest BCUT2D eigenvalue weighted by atomic mass is 19.1. The van der Waals surface area contributed by atoms with Crippen LogP contribution < -0.4 is 15.8 Å². The van der Waals surface area contributed by atoms with Gasteiger partial charge in [0.1, 0.15) is 11.6 Å². The minimum atomic E-state index is -1.08. The molecule has 0 aromatic heterocycles. The Morgan fingerprint density at radius 3 is 2.58 bits per heavy atom. The lowest BCUT2D eigenvalue weighted by atomic mass is 10.2. The van der Waals surface area contributed by atoms with Crippen LogP contribution >= 0.6 is 0 Å². The summed E-state index contributed by atoms with van der Waals surface area (Å²) in [5, 5.41) is 2.61. The third-order valence-corrected chi connectivity index (χ3v) is 3.25. The third-order valence-electron chi connectivity index (χ3n) is 3.25. The van der Waals surface area contributed by atoms with Crippen molar-refractivity contribution in [2.45, 2.75) is 13.0 Å². The molecule has 126 valence electrons. The van der Waals surface area contributed by atoms with Crippen LogP contribution in [0.25, 0.3) is 0 Å². The summed E-state index contributed by atoms with van der Waals surface area (Å²) in [7, 11) is 1.48. The van der Waals surface area contributed by atoms with E-state index in [1.165, 1.54) is 20.1 Å². The first kappa shape index (κ1) is 17.3. The van der Waals surface area contributed by atoms with Crippen molar-refractivity contribution in [3.63, 3.8) is 0 Å². The second-order valence-corrected chi connectivity index (χ2v) is 4.97. The Morgan fingerprint density at radius 2 is 1.92 bits per heavy atom. The normalized spacial score (nSPS) is 11.5. The van der Waals surface area contributed by atoms with E-state index in [1.807, 2.05) is 0 Å². The van der Waals surface area contributed by atoms with Gasteiger partial charge in [0.05, 0.1) is 18.4 Å². The fourth-order valence-electron chi connectivity index (χ4n) is 1.98. The van der Waals surface area contributed by atoms with Gasteiger partial charge in [0, 0.05) is 5.69 Å². The number of nitrogen functional groups attached to an aromatic ring is 1. The smallest absolute Gasteiger partial charge is 0.341 e. The number of halogens is 1. The van der Waals surface area contributed by atoms with Crippen LogP contribution in [-0.4, -0.2) is 25.1 Å². The molecule has 2 aromatic carbocycles. The van der Waals surface area contributed by atoms with E-state index < -0.39 is 23.8 Å². The largest absolute Gasteiger partial charge is 0.495 e. The summed E-state index contributed by atoms with van der Waals surface area (Å²) in [5.74, 6) is -1.43. The van der Waals surface area contributed by atoms with Crippen molar-refractivity contribution < 1.29 is 23.5 Å². The van der Waals surface area contributed by atoms with E-state index in [-0.39, 0.29) is 11.3 Å². The molecule has 0 heterocycles. The summed E-state index contributed by atoms with van der Waals surface area (Å²) < 4.78 is 23.2. The number of rotatable bonds is 5. The molecule has 7 heteroatoms. The topological polar surface area (TPSA) is 90.6 Å². The zero-order valence-corrected chi connectivity index (χ0v) is 13.2. The number of hydrogen-bond acceptors (Lipinski definition) is 5. The second kappa shape index (κ2) is 7.45. The average molecular weight is 332 g/mol. The number of anilines is 2. The monoisotopic (exact) mass is 332 g/mol. The van der Waals surface area contributed by atoms with Gasteiger partial charge in [0.25, 0.3) is 5.91 Å². The van der Waals surface area contributed by atoms with Crippen molar-refractivity contribution in [2.24, 2.45) is 0 Å². The van der Waals surface area contributed by atoms with Gasteiger partial charge in [-0.05, 0) is 37.3 Å². The lowest BCUT2D eigenvalue weighted by Gasteiger charge is -2.15. The Hall–Kier alpha value is -3.09. The molecule has 0 aliphatic rings. The summed E-state index contributed by atoms with van der Waals surface area (Å²) in [6.45, 7) is 1.42. The van der Waals surface area contributed by atoms with Crippen molar-refractivity contribution >= 4 is 23.3 Å². The summed E-state index contributed by atoms with van der Waals surface area (Å²) >= 11 is 0. The second-order valence-electron chi connectivity index (χ2n) is 4.97. The van der Waals surface area contributed by atoms with E-state index in [0.29, 0.717) is 11.4 Å². The molecule has 0 fully saturated rings. The Balaban J connectivity index is 2.04. The highest BCUT2D eigenvalue weighted by Crippen LogP contribution is 2.23. The zero-order chi connectivity index (χ0) is 17.7. The number of hydrogen-bond donors (Lipinski definition) is 2. The minimum Gasteiger partial charge on any atom is -0.495 e. The number of esters is 1. The molecule has 0 bridgehead atoms. The number of benzene rings is 2. The molecule has 2 aromatic rings. The third kappa shape index (κ3) is 4.01. The van der Waals surface area contributed by atoms with Gasteiger partial charge in [-0.15, -0.1) is 0 Å². The predicted octanol–water partition coefficient (Wildman–Crippen LogP) is 2.60. The molecule has 3 N–H and O–H groups in total. The lowest BCUT2D eigenvalue weighted by molar-refractivity contribution is -0.123. The molecule has 1 amide bonds. The summed E-state index contributed by atoms with van der Waals surface area (Å²) in [4.78, 5) is 24.2. The Bertz CT molecular complexity index is 764. The summed E-state index contributed by atoms with van der Waals surface area (Å²) in [6.07, 6.45) is -1.08. The van der Waals surface area contributed by atoms with Crippen LogP contribution in [0, 0.1) is 5.82 Å². The van der Waals surface area contributed by atoms with Crippen LogP contribution in [0.2, 0.25) is 0 Å². The van der Waals surface area contributed by atoms with Crippen LogP contribution in [0.4, 0.5) is 15.8 Å². The van der Waals surface area contributed by atoms with E-state index in [4.69, 9.17) is 15.2 Å². The first-order valence-electron chi connectivity index (χ1n) is 7.12. The standard InChI is InChI=1S/C17H17FN2O4/c1-10(16(21)20-14-5-3-4-6-15(14)23-2)24-17(22)12-8-7-11(18)9-13(12)19/h3-10H,19H2,1-2H3,(H,20,21)/t10-/m0/s1. The van der Waals surface area contributed by atoms with Gasteiger partial charge >= 0.3 is 5.97 Å². The molecule has 0 aliphatic heterocycles. The molecule has 0 saturated carbocycles. The maximum absolute atomic E-state index is 13.0. The summed E-state index contributed by atoms with van der Waals surface area (Å²) in [5.41, 5.74) is 5.97. The molecule has 1 atom stereocenters. The molecule has 0 saturated heterocycles. The van der Waals surface area contributed by atoms with E-state index in [0.717, 1.165) is 12.1 Å². The summed E-state index contributed by atoms with van der Waals surface area (Å²) in [6, 6.07) is 10.1. The first-order valence-corrected chi connectivity index (χ1v) is 7.12. The van der Waals surface area contributed by atoms with Gasteiger partial charge in [-0.25, -0.2) is 9.18 Å². The lowest BCUT2D eigenvalue weighted by Crippen LogP contribution is -2.30. The number of nitrogens with two attached hydrogens (primary N) is 1. The Labute approximate surface area is 138 Å². The number of ether oxygens (including phenoxy) is 2. The van der Waals surface area contributed by atoms with Crippen LogP contribution in [0.5, 0.6) is 5.75 Å². The molecular weight excluding hydrogens is 315 g/mol. The number of methoxy groups -OCH3 is 1. The number of para-hydroxylation sites is 2. The number of carbonyl (C=O) groups is 2. The molecule has 0 radical (unpaired) electrons. The molecule has 24 heavy (non-hydrogen) atoms. The maximum Gasteiger partial charge on any atom is 0.341 e. The molecule has 0 aliphatic carbocycles. The van der Waals surface area contributed by atoms with Crippen LogP contribution in [0.3, 0.4) is 0 Å². The quantitative estimate of drug-likeness (QED) is 0.649. The van der Waals surface area contributed by atoms with Crippen molar-refractivity contribution in [3.8, 4) is 5.75 Å². The minimum absolute atomic E-state index is 0.00617. The van der Waals surface area contributed by atoms with Crippen LogP contribution in [0.15, 0.2) is 42.5 Å². The average Bonchev–Trinajstić information content (AvgIpc) is 2.55. The SMILES string of the molecule is COc1ccccc1NC(=O)[C@H](C)OC(=O)c1ccc(F)cc1N. The zero-order valence-electron chi connectivity index (χ0n) is 13.2. The van der Waals surface area contributed by atoms with Crippen molar-refractivity contribution in [2.75, 3.05) is 18.2 Å². The van der Waals surface area contributed by atoms with E-state index in [9.17, 15) is 14.0 Å². The van der Waals surface area contributed by atoms with Crippen LogP contribution in [0.1, 0.15) is 17.3 Å². The van der Waals surface area contributed by atoms with E-state index in [1.54, 1.807) is 24.3 Å². The van der Waals surface area contributed by atoms with Gasteiger partial charge in [0.15, 0.2) is 6.10 Å². The Morgan fingerprint density at radius 1 is 1.21 bits per heavy atom. The van der Waals surface area contributed by atoms with E-state index in [2.05, 4.69) is 5.32 Å². The Kier molecular flexibility index (Phi) is 5.36. The van der Waals surface area contributed by atoms with Gasteiger partial charge in [-0.3, -0.25) is 4.79 Å². The molecule has 2 rings (SSSR count). The van der Waals surface area contributed by atoms with Gasteiger partial charge < -0.3 is 20.5 Å². The van der Waals surface area contributed by atoms with Crippen molar-refractivity contribution in [3.05, 3.63) is 53.8 Å². The van der Waals surface area contributed by atoms with Gasteiger partial charge in [-0.2, -0.15) is 0 Å². The van der Waals surface area contributed by atoms with Crippen molar-refractivity contribution in [1.29, 1.82) is 0 Å². The molecular formula is C17H17FN2O4. The number of nitrogens with one attached hydrogen (secondary N) is 1. The maximum atomic E-state index is 13.0. The highest BCUT2D eigenvalue weighted by molar-refractivity contribution is 5.99. The van der Waals surface area contributed by atoms with Gasteiger partial charge in [-0.1, -0.05) is 12.1 Å². The molecule has 6 nitrogen and oxygen atoms in total. The fourth-order valence-corrected chi connectivity index (χ4v) is 1.98. The van der Waals surface area contributed by atoms with Crippen LogP contribution in [-0.2, 0) is 9.53 Å². The molecule has 0 spiro atoms. The first-order chi connectivity index (χ1) is 11.4.